The van der Waals surface area contributed by atoms with E-state index in [1.165, 1.54) is 134 Å². The summed E-state index contributed by atoms with van der Waals surface area (Å²) in [6.45, 7) is 26.3. The van der Waals surface area contributed by atoms with Gasteiger partial charge in [0.15, 0.2) is 0 Å². The molecule has 16 rings (SSSR count). The maximum absolute atomic E-state index is 2.57. The molecule has 0 radical (unpaired) electrons. The molecule has 4 aliphatic carbocycles. The maximum Gasteiger partial charge on any atom is 0.0542 e. The second-order valence-electron chi connectivity index (χ2n) is 29.3. The van der Waals surface area contributed by atoms with Crippen LogP contribution in [0.1, 0.15) is 136 Å². The van der Waals surface area contributed by atoms with Gasteiger partial charge in [-0.3, -0.25) is 0 Å². The first-order chi connectivity index (χ1) is 44.3. The number of nitrogens with zero attached hydrogens (tertiary/aromatic N) is 2. The molecular formula is C90H80N2. The molecule has 0 heterocycles. The molecule has 0 N–H and O–H groups in total. The van der Waals surface area contributed by atoms with E-state index in [2.05, 4.69) is 347 Å². The van der Waals surface area contributed by atoms with E-state index in [9.17, 15) is 0 Å². The predicted octanol–water partition coefficient (Wildman–Crippen LogP) is 24.5. The first-order valence-electron chi connectivity index (χ1n) is 33.3. The predicted molar refractivity (Wildman–Crippen MR) is 389 cm³/mol. The second-order valence-corrected chi connectivity index (χ2v) is 29.3. The minimum absolute atomic E-state index is 0.160. The van der Waals surface area contributed by atoms with E-state index in [1.54, 1.807) is 0 Å². The number of fused-ring (bicyclic) bond motifs is 12. The third-order valence-corrected chi connectivity index (χ3v) is 22.3. The SMILES string of the molecule is Cc1ccc(-c2ccc(C)cc2N(c2ccc3c(c2)C(C)(C)c2ccccc2-3)c2ccc3c(c2)C(C)(CCC(C)(C)c2ccc(N(c4ccc5c(c4)C(C)(C)c4ccccc4-5)c4ccc5c(c4)C(C)(C)c4ccccc4-5)c(-c4ccccc4)c2)c2ccccc2-3)cc1. The van der Waals surface area contributed by atoms with E-state index >= 15 is 0 Å². The number of aryl methyl sites for hydroxylation is 2. The van der Waals surface area contributed by atoms with E-state index in [1.807, 2.05) is 0 Å². The molecule has 0 aliphatic heterocycles. The fraction of sp³-hybridized carbons (Fsp3) is 0.200. The molecule has 92 heavy (non-hydrogen) atoms. The zero-order valence-electron chi connectivity index (χ0n) is 55.1. The highest BCUT2D eigenvalue weighted by Crippen LogP contribution is 2.58. The van der Waals surface area contributed by atoms with Gasteiger partial charge in [-0.25, -0.2) is 0 Å². The molecule has 1 atom stereocenters. The van der Waals surface area contributed by atoms with E-state index in [0.717, 1.165) is 41.3 Å². The average Bonchev–Trinajstić information content (AvgIpc) is 1.55. The lowest BCUT2D eigenvalue weighted by molar-refractivity contribution is 0.397. The lowest BCUT2D eigenvalue weighted by Gasteiger charge is -2.35. The minimum Gasteiger partial charge on any atom is -0.310 e. The van der Waals surface area contributed by atoms with Crippen LogP contribution in [0.4, 0.5) is 34.1 Å². The van der Waals surface area contributed by atoms with Gasteiger partial charge in [-0.15, -0.1) is 0 Å². The van der Waals surface area contributed by atoms with Gasteiger partial charge in [0.05, 0.1) is 11.4 Å². The summed E-state index contributed by atoms with van der Waals surface area (Å²) in [5.41, 5.74) is 36.3. The van der Waals surface area contributed by atoms with Gasteiger partial charge >= 0.3 is 0 Å². The average molecular weight is 1190 g/mol. The summed E-state index contributed by atoms with van der Waals surface area (Å²) < 4.78 is 0. The Morgan fingerprint density at radius 3 is 1.14 bits per heavy atom. The van der Waals surface area contributed by atoms with Crippen molar-refractivity contribution in [1.82, 2.24) is 0 Å². The van der Waals surface area contributed by atoms with Crippen LogP contribution in [0.5, 0.6) is 0 Å². The Balaban J connectivity index is 0.812. The van der Waals surface area contributed by atoms with Crippen molar-refractivity contribution in [3.63, 3.8) is 0 Å². The molecule has 0 amide bonds. The number of rotatable bonds is 12. The number of hydrogen-bond acceptors (Lipinski definition) is 2. The fourth-order valence-corrected chi connectivity index (χ4v) is 16.8. The zero-order chi connectivity index (χ0) is 63.2. The van der Waals surface area contributed by atoms with Crippen molar-refractivity contribution >= 4 is 34.1 Å². The van der Waals surface area contributed by atoms with Gasteiger partial charge in [-0.2, -0.15) is 0 Å². The van der Waals surface area contributed by atoms with Crippen molar-refractivity contribution in [2.24, 2.45) is 0 Å². The molecule has 2 nitrogen and oxygen atoms in total. The summed E-state index contributed by atoms with van der Waals surface area (Å²) in [4.78, 5) is 5.13. The summed E-state index contributed by atoms with van der Waals surface area (Å²) in [7, 11) is 0. The minimum atomic E-state index is -0.292. The monoisotopic (exact) mass is 1190 g/mol. The molecule has 1 unspecified atom stereocenters. The van der Waals surface area contributed by atoms with Gasteiger partial charge in [0.1, 0.15) is 0 Å². The molecule has 2 heteroatoms. The summed E-state index contributed by atoms with van der Waals surface area (Å²) in [5, 5.41) is 0. The smallest absolute Gasteiger partial charge is 0.0542 e. The van der Waals surface area contributed by atoms with Crippen LogP contribution >= 0.6 is 0 Å². The van der Waals surface area contributed by atoms with E-state index in [0.29, 0.717) is 0 Å². The fourth-order valence-electron chi connectivity index (χ4n) is 16.8. The number of hydrogen-bond donors (Lipinski definition) is 0. The van der Waals surface area contributed by atoms with E-state index < -0.39 is 0 Å². The van der Waals surface area contributed by atoms with Gasteiger partial charge in [-0.05, 0) is 210 Å². The Morgan fingerprint density at radius 2 is 0.652 bits per heavy atom. The Kier molecular flexibility index (Phi) is 13.0. The quantitative estimate of drug-likeness (QED) is 0.120. The molecule has 0 aromatic heterocycles. The van der Waals surface area contributed by atoms with Gasteiger partial charge in [0, 0.05) is 55.5 Å². The van der Waals surface area contributed by atoms with Crippen LogP contribution in [0, 0.1) is 13.8 Å². The topological polar surface area (TPSA) is 6.48 Å². The maximum atomic E-state index is 2.57. The molecule has 0 saturated carbocycles. The van der Waals surface area contributed by atoms with Crippen molar-refractivity contribution in [2.45, 2.75) is 116 Å². The third kappa shape index (κ3) is 8.80. The molecule has 12 aromatic carbocycles. The molecule has 12 aromatic rings. The lowest BCUT2D eigenvalue weighted by atomic mass is 9.70. The largest absolute Gasteiger partial charge is 0.310 e. The van der Waals surface area contributed by atoms with Gasteiger partial charge in [0.2, 0.25) is 0 Å². The molecule has 0 bridgehead atoms. The second kappa shape index (κ2) is 20.9. The van der Waals surface area contributed by atoms with Gasteiger partial charge in [-0.1, -0.05) is 262 Å². The number of anilines is 6. The van der Waals surface area contributed by atoms with Gasteiger partial charge in [0.25, 0.3) is 0 Å². The summed E-state index contributed by atoms with van der Waals surface area (Å²) in [6, 6.07) is 100. The van der Waals surface area contributed by atoms with Crippen molar-refractivity contribution in [3.8, 4) is 66.8 Å². The van der Waals surface area contributed by atoms with E-state index in [-0.39, 0.29) is 27.1 Å². The normalized spacial score (nSPS) is 16.2. The van der Waals surface area contributed by atoms with Crippen LogP contribution in [-0.4, -0.2) is 0 Å². The van der Waals surface area contributed by atoms with Crippen molar-refractivity contribution in [3.05, 3.63) is 322 Å². The highest BCUT2D eigenvalue weighted by Gasteiger charge is 2.43. The summed E-state index contributed by atoms with van der Waals surface area (Å²) >= 11 is 0. The molecule has 0 spiro atoms. The molecular weight excluding hydrogens is 1110 g/mol. The van der Waals surface area contributed by atoms with Gasteiger partial charge < -0.3 is 9.80 Å². The third-order valence-electron chi connectivity index (χ3n) is 22.3. The highest BCUT2D eigenvalue weighted by atomic mass is 15.2. The standard InChI is InChI=1S/C90H80N2/c1-57-33-36-60(37-34-57)66-43-35-58(2)51-85(66)92(64-41-46-73-69-27-17-21-31-78(69)89(9,10)82(73)55-64)65-42-47-74-70-28-18-22-32-79(70)90(11,83(74)56-65)50-49-86(3,4)61-38-48-84(75(52-61)59-23-13-12-14-24-59)91(62-39-44-71-67-25-15-19-29-76(67)87(5,6)80(71)53-62)63-40-45-72-68-26-16-20-30-77(68)88(7,8)81(72)54-63/h12-48,51-56H,49-50H2,1-11H3. The molecule has 0 saturated heterocycles. The van der Waals surface area contributed by atoms with E-state index in [4.69, 9.17) is 0 Å². The summed E-state index contributed by atoms with van der Waals surface area (Å²) in [5.74, 6) is 0. The zero-order valence-corrected chi connectivity index (χ0v) is 55.1. The highest BCUT2D eigenvalue weighted by molar-refractivity contribution is 5.95. The van der Waals surface area contributed by atoms with Crippen molar-refractivity contribution < 1.29 is 0 Å². The first kappa shape index (κ1) is 57.4. The van der Waals surface area contributed by atoms with Crippen LogP contribution in [0.2, 0.25) is 0 Å². The van der Waals surface area contributed by atoms with Crippen LogP contribution in [-0.2, 0) is 27.1 Å². The molecule has 0 fully saturated rings. The van der Waals surface area contributed by atoms with Crippen LogP contribution < -0.4 is 9.80 Å². The summed E-state index contributed by atoms with van der Waals surface area (Å²) in [6.07, 6.45) is 1.91. The first-order valence-corrected chi connectivity index (χ1v) is 33.3. The van der Waals surface area contributed by atoms with Crippen LogP contribution in [0.3, 0.4) is 0 Å². The number of benzene rings is 12. The Labute approximate surface area is 545 Å². The molecule has 4 aliphatic rings. The Morgan fingerprint density at radius 1 is 0.283 bits per heavy atom. The van der Waals surface area contributed by atoms with Crippen molar-refractivity contribution in [1.29, 1.82) is 0 Å². The van der Waals surface area contributed by atoms with Crippen molar-refractivity contribution in [2.75, 3.05) is 9.80 Å². The van der Waals surface area contributed by atoms with Crippen LogP contribution in [0.15, 0.2) is 261 Å². The lowest BCUT2D eigenvalue weighted by Crippen LogP contribution is -2.27. The van der Waals surface area contributed by atoms with Crippen LogP contribution in [0.25, 0.3) is 66.8 Å². The Hall–Kier alpha value is -9.76. The Bertz CT molecular complexity index is 4870. The molecule has 450 valence electrons.